The Morgan fingerprint density at radius 2 is 1.88 bits per heavy atom. The molecular formula is C18H12ClN5O2. The number of halogens is 1. The van der Waals surface area contributed by atoms with Crippen LogP contribution in [0.5, 0.6) is 0 Å². The number of carbonyl (C=O) groups excluding carboxylic acids is 1. The second-order valence-electron chi connectivity index (χ2n) is 5.62. The van der Waals surface area contributed by atoms with Crippen LogP contribution in [-0.4, -0.2) is 30.3 Å². The first-order valence-corrected chi connectivity index (χ1v) is 8.16. The number of aromatic nitrogens is 5. The molecule has 0 saturated carbocycles. The zero-order valence-electron chi connectivity index (χ0n) is 13.4. The largest absolute Gasteiger partial charge is 0.292 e. The highest BCUT2D eigenvalue weighted by atomic mass is 35.5. The van der Waals surface area contributed by atoms with Gasteiger partial charge >= 0.3 is 0 Å². The zero-order valence-corrected chi connectivity index (χ0v) is 14.2. The van der Waals surface area contributed by atoms with Crippen LogP contribution in [0.4, 0.5) is 0 Å². The maximum atomic E-state index is 12.6. The summed E-state index contributed by atoms with van der Waals surface area (Å²) in [6.07, 6.45) is 1.33. The number of hydrogen-bond acceptors (Lipinski definition) is 5. The quantitative estimate of drug-likeness (QED) is 0.519. The van der Waals surface area contributed by atoms with Crippen molar-refractivity contribution in [3.8, 4) is 5.69 Å². The van der Waals surface area contributed by atoms with Crippen molar-refractivity contribution in [1.29, 1.82) is 0 Å². The topological polar surface area (TPSA) is 82.7 Å². The average molecular weight is 366 g/mol. The van der Waals surface area contributed by atoms with E-state index in [0.717, 1.165) is 0 Å². The standard InChI is InChI=1S/C18H12ClN5O2/c19-13-7-4-8-14(9-13)24-17-16(21-22-24)18(26)23(11-20-17)10-15(25)12-5-2-1-3-6-12/h1-9,11H,10H2. The molecule has 7 nitrogen and oxygen atoms in total. The van der Waals surface area contributed by atoms with Gasteiger partial charge in [-0.15, -0.1) is 5.10 Å². The van der Waals surface area contributed by atoms with E-state index >= 15 is 0 Å². The van der Waals surface area contributed by atoms with Crippen LogP contribution in [0.3, 0.4) is 0 Å². The molecule has 0 aliphatic rings. The lowest BCUT2D eigenvalue weighted by Crippen LogP contribution is -2.25. The first-order chi connectivity index (χ1) is 12.6. The number of ketones is 1. The van der Waals surface area contributed by atoms with E-state index in [9.17, 15) is 9.59 Å². The minimum Gasteiger partial charge on any atom is -0.292 e. The molecule has 0 bridgehead atoms. The molecule has 0 aliphatic heterocycles. The molecule has 4 rings (SSSR count). The van der Waals surface area contributed by atoms with Crippen LogP contribution in [0.25, 0.3) is 16.9 Å². The van der Waals surface area contributed by atoms with E-state index in [-0.39, 0.29) is 17.8 Å². The van der Waals surface area contributed by atoms with Gasteiger partial charge in [-0.2, -0.15) is 4.68 Å². The molecule has 0 aliphatic carbocycles. The van der Waals surface area contributed by atoms with Crippen LogP contribution in [-0.2, 0) is 6.54 Å². The summed E-state index contributed by atoms with van der Waals surface area (Å²) in [5, 5.41) is 8.46. The summed E-state index contributed by atoms with van der Waals surface area (Å²) >= 11 is 6.00. The highest BCUT2D eigenvalue weighted by Crippen LogP contribution is 2.16. The van der Waals surface area contributed by atoms with Crippen molar-refractivity contribution in [2.24, 2.45) is 0 Å². The van der Waals surface area contributed by atoms with Crippen molar-refractivity contribution in [2.75, 3.05) is 0 Å². The molecule has 26 heavy (non-hydrogen) atoms. The maximum Gasteiger partial charge on any atom is 0.283 e. The van der Waals surface area contributed by atoms with Crippen molar-refractivity contribution < 1.29 is 4.79 Å². The molecule has 0 atom stereocenters. The lowest BCUT2D eigenvalue weighted by molar-refractivity contribution is 0.0970. The van der Waals surface area contributed by atoms with Gasteiger partial charge in [0.25, 0.3) is 5.56 Å². The summed E-state index contributed by atoms with van der Waals surface area (Å²) in [5.74, 6) is -0.184. The molecule has 2 aromatic heterocycles. The lowest BCUT2D eigenvalue weighted by atomic mass is 10.1. The van der Waals surface area contributed by atoms with Crippen LogP contribution < -0.4 is 5.56 Å². The molecule has 0 amide bonds. The SMILES string of the molecule is O=C(Cn1cnc2c(nnn2-c2cccc(Cl)c2)c1=O)c1ccccc1. The molecule has 0 radical (unpaired) electrons. The lowest BCUT2D eigenvalue weighted by Gasteiger charge is -2.05. The molecule has 4 aromatic rings. The van der Waals surface area contributed by atoms with Gasteiger partial charge in [-0.25, -0.2) is 4.98 Å². The third-order valence-electron chi connectivity index (χ3n) is 3.89. The second kappa shape index (κ2) is 6.53. The Hall–Kier alpha value is -3.32. The Kier molecular flexibility index (Phi) is 4.06. The molecule has 0 saturated heterocycles. The number of fused-ring (bicyclic) bond motifs is 1. The monoisotopic (exact) mass is 365 g/mol. The summed E-state index contributed by atoms with van der Waals surface area (Å²) in [7, 11) is 0. The van der Waals surface area contributed by atoms with E-state index in [2.05, 4.69) is 15.3 Å². The van der Waals surface area contributed by atoms with Crippen molar-refractivity contribution in [2.45, 2.75) is 6.54 Å². The number of benzene rings is 2. The molecule has 0 spiro atoms. The minimum absolute atomic E-state index is 0.0911. The summed E-state index contributed by atoms with van der Waals surface area (Å²) in [6.45, 7) is -0.115. The second-order valence-corrected chi connectivity index (χ2v) is 6.06. The van der Waals surface area contributed by atoms with Crippen LogP contribution in [0.2, 0.25) is 5.02 Å². The fourth-order valence-corrected chi connectivity index (χ4v) is 2.79. The Bertz CT molecular complexity index is 1170. The van der Waals surface area contributed by atoms with E-state index in [0.29, 0.717) is 21.9 Å². The van der Waals surface area contributed by atoms with Gasteiger partial charge < -0.3 is 0 Å². The zero-order chi connectivity index (χ0) is 18.1. The maximum absolute atomic E-state index is 12.6. The summed E-state index contributed by atoms with van der Waals surface area (Å²) in [5.41, 5.74) is 1.15. The average Bonchev–Trinajstić information content (AvgIpc) is 3.09. The summed E-state index contributed by atoms with van der Waals surface area (Å²) < 4.78 is 2.67. The van der Waals surface area contributed by atoms with E-state index < -0.39 is 5.56 Å². The van der Waals surface area contributed by atoms with Crippen LogP contribution in [0.15, 0.2) is 65.7 Å². The third kappa shape index (κ3) is 2.89. The third-order valence-corrected chi connectivity index (χ3v) is 4.13. The number of rotatable bonds is 4. The predicted molar refractivity (Wildman–Crippen MR) is 96.7 cm³/mol. The Morgan fingerprint density at radius 1 is 1.08 bits per heavy atom. The molecule has 8 heteroatoms. The molecule has 0 N–H and O–H groups in total. The van der Waals surface area contributed by atoms with Gasteiger partial charge in [-0.05, 0) is 18.2 Å². The Labute approximate surface area is 152 Å². The Balaban J connectivity index is 1.73. The first-order valence-electron chi connectivity index (χ1n) is 7.78. The van der Waals surface area contributed by atoms with E-state index in [1.165, 1.54) is 15.6 Å². The molecule has 2 aromatic carbocycles. The number of carbonyl (C=O) groups is 1. The van der Waals surface area contributed by atoms with E-state index in [1.807, 2.05) is 6.07 Å². The molecule has 0 fully saturated rings. The number of hydrogen-bond donors (Lipinski definition) is 0. The van der Waals surface area contributed by atoms with Crippen molar-refractivity contribution >= 4 is 28.5 Å². The molecule has 128 valence electrons. The van der Waals surface area contributed by atoms with Crippen LogP contribution >= 0.6 is 11.6 Å². The molecular weight excluding hydrogens is 354 g/mol. The van der Waals surface area contributed by atoms with Crippen molar-refractivity contribution in [1.82, 2.24) is 24.5 Å². The number of nitrogens with zero attached hydrogens (tertiary/aromatic N) is 5. The van der Waals surface area contributed by atoms with Gasteiger partial charge in [-0.3, -0.25) is 14.2 Å². The van der Waals surface area contributed by atoms with Gasteiger partial charge in [0, 0.05) is 10.6 Å². The van der Waals surface area contributed by atoms with Crippen molar-refractivity contribution in [3.63, 3.8) is 0 Å². The van der Waals surface area contributed by atoms with Gasteiger partial charge in [0.1, 0.15) is 6.33 Å². The predicted octanol–water partition coefficient (Wildman–Crippen LogP) is 2.51. The fourth-order valence-electron chi connectivity index (χ4n) is 2.61. The molecule has 2 heterocycles. The van der Waals surface area contributed by atoms with Gasteiger partial charge in [0.2, 0.25) is 0 Å². The van der Waals surface area contributed by atoms with Crippen LogP contribution in [0.1, 0.15) is 10.4 Å². The Morgan fingerprint density at radius 3 is 2.65 bits per heavy atom. The van der Waals surface area contributed by atoms with Gasteiger partial charge in [0.05, 0.1) is 12.2 Å². The minimum atomic E-state index is -0.424. The van der Waals surface area contributed by atoms with E-state index in [1.54, 1.807) is 48.5 Å². The fraction of sp³-hybridized carbons (Fsp3) is 0.0556. The molecule has 0 unspecified atom stereocenters. The summed E-state index contributed by atoms with van der Waals surface area (Å²) in [4.78, 5) is 29.2. The normalized spacial score (nSPS) is 11.0. The van der Waals surface area contributed by atoms with Crippen LogP contribution in [0, 0.1) is 0 Å². The summed E-state index contributed by atoms with van der Waals surface area (Å²) in [6, 6.07) is 15.8. The highest BCUT2D eigenvalue weighted by Gasteiger charge is 2.15. The van der Waals surface area contributed by atoms with Gasteiger partial charge in [-0.1, -0.05) is 53.2 Å². The van der Waals surface area contributed by atoms with Gasteiger partial charge in [0.15, 0.2) is 16.9 Å². The first kappa shape index (κ1) is 16.2. The van der Waals surface area contributed by atoms with Crippen molar-refractivity contribution in [3.05, 3.63) is 81.9 Å². The van der Waals surface area contributed by atoms with E-state index in [4.69, 9.17) is 11.6 Å². The highest BCUT2D eigenvalue weighted by molar-refractivity contribution is 6.30. The number of Topliss-reactive ketones (excluding diaryl/α,β-unsaturated/α-hetero) is 1. The smallest absolute Gasteiger partial charge is 0.283 e.